The van der Waals surface area contributed by atoms with Crippen LogP contribution in [0.15, 0.2) is 68.4 Å². The van der Waals surface area contributed by atoms with Gasteiger partial charge in [0.2, 0.25) is 10.8 Å². The summed E-state index contributed by atoms with van der Waals surface area (Å²) in [6, 6.07) is 13.0. The van der Waals surface area contributed by atoms with Gasteiger partial charge in [-0.2, -0.15) is 9.50 Å². The molecule has 4 heterocycles. The summed E-state index contributed by atoms with van der Waals surface area (Å²) in [5.41, 5.74) is 0.236. The van der Waals surface area contributed by atoms with Gasteiger partial charge in [-0.3, -0.25) is 14.9 Å². The van der Waals surface area contributed by atoms with Gasteiger partial charge in [-0.15, -0.1) is 5.10 Å². The lowest BCUT2D eigenvalue weighted by molar-refractivity contribution is -0.384. The number of rotatable bonds is 4. The number of thiazole rings is 1. The van der Waals surface area contributed by atoms with Gasteiger partial charge >= 0.3 is 0 Å². The Balaban J connectivity index is 1.51. The maximum absolute atomic E-state index is 12.6. The van der Waals surface area contributed by atoms with Gasteiger partial charge in [-0.25, -0.2) is 0 Å². The number of aromatic nitrogens is 3. The molecule has 1 aromatic carbocycles. The molecular formula is C19H10N4O5S. The first kappa shape index (κ1) is 17.1. The van der Waals surface area contributed by atoms with E-state index in [2.05, 4.69) is 10.1 Å². The van der Waals surface area contributed by atoms with Crippen LogP contribution in [-0.4, -0.2) is 19.5 Å². The van der Waals surface area contributed by atoms with E-state index < -0.39 is 4.92 Å². The first-order chi connectivity index (χ1) is 14.1. The minimum Gasteiger partial charge on any atom is -0.461 e. The summed E-state index contributed by atoms with van der Waals surface area (Å²) < 4.78 is 12.6. The van der Waals surface area contributed by atoms with E-state index in [0.29, 0.717) is 38.2 Å². The molecule has 0 spiro atoms. The largest absolute Gasteiger partial charge is 0.461 e. The lowest BCUT2D eigenvalue weighted by Gasteiger charge is -1.96. The molecule has 0 aliphatic carbocycles. The summed E-state index contributed by atoms with van der Waals surface area (Å²) in [4.78, 5) is 27.8. The molecule has 0 atom stereocenters. The molecule has 0 amide bonds. The van der Waals surface area contributed by atoms with E-state index in [0.717, 1.165) is 0 Å². The first-order valence-electron chi connectivity index (χ1n) is 8.38. The Morgan fingerprint density at radius 1 is 1.14 bits per heavy atom. The summed E-state index contributed by atoms with van der Waals surface area (Å²) in [7, 11) is 0. The van der Waals surface area contributed by atoms with Crippen molar-refractivity contribution in [2.24, 2.45) is 0 Å². The summed E-state index contributed by atoms with van der Waals surface area (Å²) in [6.07, 6.45) is 3.11. The van der Waals surface area contributed by atoms with Crippen LogP contribution in [0.4, 0.5) is 5.69 Å². The Bertz CT molecular complexity index is 1460. The Morgan fingerprint density at radius 2 is 2.03 bits per heavy atom. The Labute approximate surface area is 165 Å². The zero-order chi connectivity index (χ0) is 20.0. The third kappa shape index (κ3) is 3.01. The molecular weight excluding hydrogens is 396 g/mol. The van der Waals surface area contributed by atoms with Gasteiger partial charge in [0.05, 0.1) is 11.2 Å². The van der Waals surface area contributed by atoms with Crippen LogP contribution in [0.2, 0.25) is 0 Å². The standard InChI is InChI=1S/C19H10N4O5S/c24-18-16(29-19-20-17(21-22(18)19)15-5-2-8-27-15)10-13-6-7-14(28-13)11-3-1-4-12(9-11)23(25)26/h1-10H/b16-10-. The van der Waals surface area contributed by atoms with E-state index in [4.69, 9.17) is 8.83 Å². The normalized spacial score (nSPS) is 12.1. The molecule has 142 valence electrons. The quantitative estimate of drug-likeness (QED) is 0.332. The van der Waals surface area contributed by atoms with Crippen molar-refractivity contribution in [3.8, 4) is 22.9 Å². The second kappa shape index (κ2) is 6.53. The van der Waals surface area contributed by atoms with Crippen molar-refractivity contribution in [3.05, 3.63) is 85.6 Å². The number of benzene rings is 1. The molecule has 9 nitrogen and oxygen atoms in total. The number of non-ortho nitro benzene ring substituents is 1. The van der Waals surface area contributed by atoms with Crippen molar-refractivity contribution in [1.29, 1.82) is 0 Å². The maximum Gasteiger partial charge on any atom is 0.291 e. The molecule has 29 heavy (non-hydrogen) atoms. The van der Waals surface area contributed by atoms with Gasteiger partial charge in [0.1, 0.15) is 16.1 Å². The number of fused-ring (bicyclic) bond motifs is 1. The number of hydrogen-bond donors (Lipinski definition) is 0. The van der Waals surface area contributed by atoms with Gasteiger partial charge in [-0.1, -0.05) is 23.5 Å². The summed E-state index contributed by atoms with van der Waals surface area (Å²) in [6.45, 7) is 0. The van der Waals surface area contributed by atoms with Crippen LogP contribution in [0.25, 0.3) is 33.9 Å². The monoisotopic (exact) mass is 406 g/mol. The zero-order valence-corrected chi connectivity index (χ0v) is 15.3. The molecule has 4 aromatic heterocycles. The fourth-order valence-electron chi connectivity index (χ4n) is 2.83. The number of nitrogens with zero attached hydrogens (tertiary/aromatic N) is 4. The fourth-order valence-corrected chi connectivity index (χ4v) is 3.72. The topological polar surface area (TPSA) is 117 Å². The molecule has 0 unspecified atom stereocenters. The highest BCUT2D eigenvalue weighted by atomic mass is 32.1. The van der Waals surface area contributed by atoms with Crippen LogP contribution in [0.3, 0.4) is 0 Å². The van der Waals surface area contributed by atoms with Gasteiger partial charge in [0.25, 0.3) is 11.2 Å². The van der Waals surface area contributed by atoms with Gasteiger partial charge in [-0.05, 0) is 24.3 Å². The highest BCUT2D eigenvalue weighted by Crippen LogP contribution is 2.26. The highest BCUT2D eigenvalue weighted by molar-refractivity contribution is 7.15. The van der Waals surface area contributed by atoms with E-state index in [9.17, 15) is 14.9 Å². The van der Waals surface area contributed by atoms with Crippen molar-refractivity contribution in [1.82, 2.24) is 14.6 Å². The van der Waals surface area contributed by atoms with Gasteiger partial charge < -0.3 is 8.83 Å². The Kier molecular flexibility index (Phi) is 3.85. The highest BCUT2D eigenvalue weighted by Gasteiger charge is 2.14. The molecule has 5 rings (SSSR count). The van der Waals surface area contributed by atoms with Crippen molar-refractivity contribution < 1.29 is 13.8 Å². The van der Waals surface area contributed by atoms with Crippen LogP contribution < -0.4 is 10.1 Å². The molecule has 0 aliphatic heterocycles. The minimum atomic E-state index is -0.464. The molecule has 0 aliphatic rings. The third-order valence-electron chi connectivity index (χ3n) is 4.17. The predicted molar refractivity (Wildman–Crippen MR) is 104 cm³/mol. The average molecular weight is 406 g/mol. The van der Waals surface area contributed by atoms with Crippen LogP contribution in [0, 0.1) is 10.1 Å². The Morgan fingerprint density at radius 3 is 2.79 bits per heavy atom. The summed E-state index contributed by atoms with van der Waals surface area (Å²) >= 11 is 1.18. The molecule has 0 radical (unpaired) electrons. The zero-order valence-electron chi connectivity index (χ0n) is 14.5. The van der Waals surface area contributed by atoms with Crippen LogP contribution in [-0.2, 0) is 0 Å². The lowest BCUT2D eigenvalue weighted by Crippen LogP contribution is -2.23. The molecule has 10 heteroatoms. The fraction of sp³-hybridized carbons (Fsp3) is 0. The second-order valence-electron chi connectivity index (χ2n) is 6.03. The first-order valence-corrected chi connectivity index (χ1v) is 9.20. The smallest absolute Gasteiger partial charge is 0.291 e. The van der Waals surface area contributed by atoms with Crippen molar-refractivity contribution in [2.45, 2.75) is 0 Å². The number of nitro benzene ring substituents is 1. The lowest BCUT2D eigenvalue weighted by atomic mass is 10.1. The predicted octanol–water partition coefficient (Wildman–Crippen LogP) is 3.13. The molecule has 0 saturated carbocycles. The van der Waals surface area contributed by atoms with E-state index in [1.54, 1.807) is 42.5 Å². The van der Waals surface area contributed by atoms with E-state index in [-0.39, 0.29) is 11.2 Å². The van der Waals surface area contributed by atoms with Gasteiger partial charge in [0.15, 0.2) is 5.76 Å². The van der Waals surface area contributed by atoms with Crippen LogP contribution in [0.1, 0.15) is 5.76 Å². The molecule has 0 N–H and O–H groups in total. The van der Waals surface area contributed by atoms with Crippen LogP contribution >= 0.6 is 11.3 Å². The molecule has 0 saturated heterocycles. The maximum atomic E-state index is 12.6. The number of hydrogen-bond acceptors (Lipinski definition) is 8. The molecule has 5 aromatic rings. The van der Waals surface area contributed by atoms with Crippen LogP contribution in [0.5, 0.6) is 0 Å². The minimum absolute atomic E-state index is 0.0239. The van der Waals surface area contributed by atoms with E-state index in [1.165, 1.54) is 34.2 Å². The SMILES string of the molecule is O=c1/c(=C/c2ccc(-c3cccc([N+](=O)[O-])c3)o2)sc2nc(-c3ccco3)nn12. The van der Waals surface area contributed by atoms with E-state index >= 15 is 0 Å². The summed E-state index contributed by atoms with van der Waals surface area (Å²) in [5, 5.41) is 15.1. The van der Waals surface area contributed by atoms with Gasteiger partial charge in [0, 0.05) is 23.8 Å². The summed E-state index contributed by atoms with van der Waals surface area (Å²) in [5.74, 6) is 1.74. The molecule has 0 bridgehead atoms. The van der Waals surface area contributed by atoms with Crippen molar-refractivity contribution in [3.63, 3.8) is 0 Å². The molecule has 0 fully saturated rings. The van der Waals surface area contributed by atoms with E-state index in [1.807, 2.05) is 0 Å². The second-order valence-corrected chi connectivity index (χ2v) is 7.04. The number of furan rings is 2. The van der Waals surface area contributed by atoms with Crippen molar-refractivity contribution >= 4 is 28.1 Å². The third-order valence-corrected chi connectivity index (χ3v) is 5.12. The average Bonchev–Trinajstić information content (AvgIpc) is 3.49. The van der Waals surface area contributed by atoms with Crippen molar-refractivity contribution in [2.75, 3.05) is 0 Å². The number of nitro groups is 1. The Hall–Kier alpha value is -4.05.